The molecule has 6 N–H and O–H groups in total. The number of fused-ring (bicyclic) bond motifs is 1. The van der Waals surface area contributed by atoms with Gasteiger partial charge in [0, 0.05) is 24.6 Å². The predicted molar refractivity (Wildman–Crippen MR) is 136 cm³/mol. The molecule has 0 aromatic heterocycles. The number of imide groups is 1. The van der Waals surface area contributed by atoms with Crippen LogP contribution < -0.4 is 16.4 Å². The number of nitrogens with zero attached hydrogens (tertiary/aromatic N) is 2. The van der Waals surface area contributed by atoms with Crippen molar-refractivity contribution in [2.24, 2.45) is 29.2 Å². The fourth-order valence-corrected chi connectivity index (χ4v) is 5.94. The van der Waals surface area contributed by atoms with Gasteiger partial charge in [0.1, 0.15) is 5.84 Å². The molecule has 2 aliphatic rings. The minimum atomic E-state index is -1.94. The number of nitrogen functional groups attached to an aromatic ring is 1. The highest BCUT2D eigenvalue weighted by Crippen LogP contribution is 2.56. The maximum Gasteiger partial charge on any atom is 0.329 e. The van der Waals surface area contributed by atoms with E-state index in [2.05, 4.69) is 0 Å². The van der Waals surface area contributed by atoms with E-state index in [9.17, 15) is 24.3 Å². The summed E-state index contributed by atoms with van der Waals surface area (Å²) in [5, 5.41) is 18.6. The van der Waals surface area contributed by atoms with E-state index in [-0.39, 0.29) is 30.3 Å². The van der Waals surface area contributed by atoms with Crippen LogP contribution >= 0.6 is 0 Å². The van der Waals surface area contributed by atoms with Gasteiger partial charge >= 0.3 is 5.97 Å². The summed E-state index contributed by atoms with van der Waals surface area (Å²) in [4.78, 5) is 55.8. The number of hydrogen-bond donors (Lipinski definition) is 4. The first-order valence-corrected chi connectivity index (χ1v) is 12.2. The zero-order chi connectivity index (χ0) is 27.1. The van der Waals surface area contributed by atoms with Crippen LogP contribution in [0, 0.1) is 23.2 Å². The molecule has 2 heterocycles. The number of benzene rings is 2. The summed E-state index contributed by atoms with van der Waals surface area (Å²) in [6.45, 7) is 3.88. The SMILES string of the molecule is CC(C)CC1C2C(=O)N(c3ccccc3)C(=O)C2C(C(=O)O)(c2ccc(C(=N)N)cc2)N1CCC(N)=O. The molecule has 0 aliphatic carbocycles. The first kappa shape index (κ1) is 26.0. The Hall–Kier alpha value is -4.05. The van der Waals surface area contributed by atoms with Crippen molar-refractivity contribution in [3.63, 3.8) is 0 Å². The molecule has 4 unspecified atom stereocenters. The number of amidine groups is 1. The highest BCUT2D eigenvalue weighted by atomic mass is 16.4. The van der Waals surface area contributed by atoms with Gasteiger partial charge in [-0.15, -0.1) is 0 Å². The van der Waals surface area contributed by atoms with E-state index < -0.39 is 47.1 Å². The molecule has 2 aromatic carbocycles. The fraction of sp³-hybridized carbons (Fsp3) is 0.370. The Morgan fingerprint density at radius 3 is 2.16 bits per heavy atom. The summed E-state index contributed by atoms with van der Waals surface area (Å²) in [5.41, 5.74) is 10.2. The standard InChI is InChI=1S/C27H31N5O5/c1-15(2)14-19-21-22(25(35)32(24(21)34)18-6-4-3-5-7-18)27(26(36)37,31(19)13-12-20(28)33)17-10-8-16(9-11-17)23(29)30/h3-11,15,19,21-22H,12-14H2,1-2H3,(H2,28,33)(H3,29,30)(H,36,37). The van der Waals surface area contributed by atoms with Gasteiger partial charge in [0.05, 0.1) is 17.5 Å². The average molecular weight is 506 g/mol. The molecule has 194 valence electrons. The smallest absolute Gasteiger partial charge is 0.329 e. The number of carboxylic acids is 1. The maximum atomic E-state index is 14.1. The van der Waals surface area contributed by atoms with Crippen molar-refractivity contribution < 1.29 is 24.3 Å². The lowest BCUT2D eigenvalue weighted by Crippen LogP contribution is -2.57. The molecule has 0 bridgehead atoms. The zero-order valence-corrected chi connectivity index (χ0v) is 20.8. The molecule has 2 saturated heterocycles. The summed E-state index contributed by atoms with van der Waals surface area (Å²) in [6.07, 6.45) is 0.293. The van der Waals surface area contributed by atoms with Gasteiger partial charge in [0.15, 0.2) is 5.54 Å². The summed E-state index contributed by atoms with van der Waals surface area (Å²) in [7, 11) is 0. The molecule has 2 aliphatic heterocycles. The molecule has 2 aromatic rings. The molecule has 10 heteroatoms. The van der Waals surface area contributed by atoms with Crippen molar-refractivity contribution in [3.8, 4) is 0 Å². The number of carbonyl (C=O) groups excluding carboxylic acids is 3. The van der Waals surface area contributed by atoms with Gasteiger partial charge in [-0.3, -0.25) is 24.7 Å². The minimum absolute atomic E-state index is 0.0353. The lowest BCUT2D eigenvalue weighted by Gasteiger charge is -2.41. The molecule has 0 radical (unpaired) electrons. The number of anilines is 1. The molecule has 37 heavy (non-hydrogen) atoms. The molecule has 3 amide bonds. The Labute approximate surface area is 214 Å². The summed E-state index contributed by atoms with van der Waals surface area (Å²) in [5.74, 6) is -5.27. The van der Waals surface area contributed by atoms with Crippen LogP contribution in [0.4, 0.5) is 5.69 Å². The number of nitrogens with one attached hydrogen (secondary N) is 1. The topological polar surface area (TPSA) is 171 Å². The van der Waals surface area contributed by atoms with Gasteiger partial charge in [0.25, 0.3) is 0 Å². The number of likely N-dealkylation sites (tertiary alicyclic amines) is 1. The second-order valence-corrected chi connectivity index (χ2v) is 10.0. The van der Waals surface area contributed by atoms with Crippen LogP contribution in [0.3, 0.4) is 0 Å². The van der Waals surface area contributed by atoms with Crippen molar-refractivity contribution >= 4 is 35.2 Å². The van der Waals surface area contributed by atoms with Gasteiger partial charge < -0.3 is 16.6 Å². The van der Waals surface area contributed by atoms with Gasteiger partial charge in [-0.25, -0.2) is 9.69 Å². The Morgan fingerprint density at radius 1 is 1.03 bits per heavy atom. The summed E-state index contributed by atoms with van der Waals surface area (Å²) >= 11 is 0. The number of primary amides is 1. The van der Waals surface area contributed by atoms with Crippen molar-refractivity contribution in [3.05, 3.63) is 65.7 Å². The first-order chi connectivity index (χ1) is 17.5. The van der Waals surface area contributed by atoms with E-state index in [1.807, 2.05) is 13.8 Å². The Balaban J connectivity index is 1.97. The van der Waals surface area contributed by atoms with Crippen molar-refractivity contribution in [2.45, 2.75) is 38.3 Å². The molecule has 4 rings (SSSR count). The molecule has 10 nitrogen and oxygen atoms in total. The van der Waals surface area contributed by atoms with Gasteiger partial charge in [-0.2, -0.15) is 0 Å². The quantitative estimate of drug-likeness (QED) is 0.228. The third kappa shape index (κ3) is 4.17. The number of nitrogens with two attached hydrogens (primary N) is 2. The monoisotopic (exact) mass is 505 g/mol. The Morgan fingerprint density at radius 2 is 1.65 bits per heavy atom. The van der Waals surface area contributed by atoms with Crippen LogP contribution in [0.5, 0.6) is 0 Å². The second kappa shape index (κ2) is 9.78. The van der Waals surface area contributed by atoms with Crippen LogP contribution in [-0.2, 0) is 24.7 Å². The number of carbonyl (C=O) groups is 4. The van der Waals surface area contributed by atoms with E-state index in [0.717, 1.165) is 4.90 Å². The molecular formula is C27H31N5O5. The molecule has 0 saturated carbocycles. The summed E-state index contributed by atoms with van der Waals surface area (Å²) < 4.78 is 0. The van der Waals surface area contributed by atoms with Crippen LogP contribution in [0.15, 0.2) is 54.6 Å². The van der Waals surface area contributed by atoms with Crippen LogP contribution in [0.25, 0.3) is 0 Å². The van der Waals surface area contributed by atoms with E-state index in [4.69, 9.17) is 16.9 Å². The molecule has 4 atom stereocenters. The third-order valence-electron chi connectivity index (χ3n) is 7.36. The second-order valence-electron chi connectivity index (χ2n) is 10.0. The third-order valence-corrected chi connectivity index (χ3v) is 7.36. The largest absolute Gasteiger partial charge is 0.480 e. The van der Waals surface area contributed by atoms with E-state index in [1.165, 1.54) is 24.3 Å². The molecule has 2 fully saturated rings. The van der Waals surface area contributed by atoms with Crippen LogP contribution in [0.1, 0.15) is 37.8 Å². The number of amides is 3. The average Bonchev–Trinajstić information content (AvgIpc) is 3.27. The summed E-state index contributed by atoms with van der Waals surface area (Å²) in [6, 6.07) is 13.9. The van der Waals surface area contributed by atoms with E-state index in [0.29, 0.717) is 17.7 Å². The maximum absolute atomic E-state index is 14.1. The normalized spacial score (nSPS) is 25.5. The Kier molecular flexibility index (Phi) is 6.88. The van der Waals surface area contributed by atoms with Gasteiger partial charge in [-0.1, -0.05) is 56.3 Å². The van der Waals surface area contributed by atoms with Crippen LogP contribution in [-0.4, -0.2) is 52.1 Å². The highest BCUT2D eigenvalue weighted by Gasteiger charge is 2.72. The van der Waals surface area contributed by atoms with Gasteiger partial charge in [-0.05, 0) is 30.0 Å². The number of hydrogen-bond acceptors (Lipinski definition) is 6. The number of rotatable bonds is 9. The lowest BCUT2D eigenvalue weighted by molar-refractivity contribution is -0.157. The zero-order valence-electron chi connectivity index (χ0n) is 20.8. The van der Waals surface area contributed by atoms with Crippen molar-refractivity contribution in [1.29, 1.82) is 5.41 Å². The Bertz CT molecular complexity index is 1250. The highest BCUT2D eigenvalue weighted by molar-refractivity contribution is 6.24. The van der Waals surface area contributed by atoms with E-state index in [1.54, 1.807) is 35.2 Å². The van der Waals surface area contributed by atoms with Crippen molar-refractivity contribution in [2.75, 3.05) is 11.4 Å². The molecular weight excluding hydrogens is 474 g/mol. The number of aliphatic carboxylic acids is 1. The van der Waals surface area contributed by atoms with Crippen LogP contribution in [0.2, 0.25) is 0 Å². The molecule has 0 spiro atoms. The van der Waals surface area contributed by atoms with E-state index >= 15 is 0 Å². The number of carboxylic acid groups (broad SMARTS) is 1. The first-order valence-electron chi connectivity index (χ1n) is 12.2. The van der Waals surface area contributed by atoms with Gasteiger partial charge in [0.2, 0.25) is 17.7 Å². The van der Waals surface area contributed by atoms with Crippen molar-refractivity contribution in [1.82, 2.24) is 4.90 Å². The predicted octanol–water partition coefficient (Wildman–Crippen LogP) is 1.66. The number of para-hydroxylation sites is 1. The lowest BCUT2D eigenvalue weighted by atomic mass is 9.75. The minimum Gasteiger partial charge on any atom is -0.480 e. The fourth-order valence-electron chi connectivity index (χ4n) is 5.94.